The Balaban J connectivity index is 1.40. The van der Waals surface area contributed by atoms with E-state index in [1.807, 2.05) is 31.2 Å². The van der Waals surface area contributed by atoms with Crippen LogP contribution in [0, 0.1) is 18.7 Å². The molecule has 0 spiro atoms. The van der Waals surface area contributed by atoms with Gasteiger partial charge >= 0.3 is 6.03 Å². The van der Waals surface area contributed by atoms with Gasteiger partial charge in [-0.15, -0.1) is 0 Å². The maximum absolute atomic E-state index is 13.8. The van der Waals surface area contributed by atoms with Crippen molar-refractivity contribution >= 4 is 17.5 Å². The number of hydrogen-bond donors (Lipinski definition) is 1. The Bertz CT molecular complexity index is 1040. The summed E-state index contributed by atoms with van der Waals surface area (Å²) in [6, 6.07) is 13.2. The molecule has 1 aliphatic rings. The Hall–Kier alpha value is -3.48. The second-order valence-electron chi connectivity index (χ2n) is 7.53. The molecule has 7 heteroatoms. The molecule has 6 nitrogen and oxygen atoms in total. The summed E-state index contributed by atoms with van der Waals surface area (Å²) < 4.78 is 15.3. The molecule has 0 radical (unpaired) electrons. The first-order valence-electron chi connectivity index (χ1n) is 9.97. The second-order valence-corrected chi connectivity index (χ2v) is 7.53. The van der Waals surface area contributed by atoms with Crippen LogP contribution in [0.2, 0.25) is 0 Å². The fraction of sp³-hybridized carbons (Fsp3) is 0.261. The van der Waals surface area contributed by atoms with Crippen LogP contribution in [-0.2, 0) is 0 Å². The maximum atomic E-state index is 13.8. The Labute approximate surface area is 174 Å². The minimum Gasteiger partial charge on any atom is -0.324 e. The van der Waals surface area contributed by atoms with Crippen LogP contribution in [0.3, 0.4) is 0 Å². The lowest BCUT2D eigenvalue weighted by atomic mass is 9.89. The van der Waals surface area contributed by atoms with Gasteiger partial charge in [-0.05, 0) is 44.0 Å². The number of carbonyl (C=O) groups is 2. The van der Waals surface area contributed by atoms with E-state index >= 15 is 0 Å². The van der Waals surface area contributed by atoms with E-state index in [4.69, 9.17) is 0 Å². The number of halogens is 1. The molecular weight excluding hydrogens is 383 g/mol. The number of anilines is 1. The Morgan fingerprint density at radius 2 is 1.83 bits per heavy atom. The van der Waals surface area contributed by atoms with Gasteiger partial charge < -0.3 is 10.2 Å². The summed E-state index contributed by atoms with van der Waals surface area (Å²) in [5, 5.41) is 6.94. The van der Waals surface area contributed by atoms with Gasteiger partial charge in [-0.3, -0.25) is 4.79 Å². The molecule has 0 atom stereocenters. The fourth-order valence-electron chi connectivity index (χ4n) is 3.71. The molecule has 3 aromatic rings. The van der Waals surface area contributed by atoms with Crippen LogP contribution >= 0.6 is 0 Å². The third kappa shape index (κ3) is 4.25. The number of rotatable bonds is 4. The number of nitrogens with zero attached hydrogens (tertiary/aromatic N) is 3. The lowest BCUT2D eigenvalue weighted by molar-refractivity contribution is 0.0859. The lowest BCUT2D eigenvalue weighted by Gasteiger charge is -2.31. The molecule has 4 rings (SSSR count). The molecule has 0 bridgehead atoms. The van der Waals surface area contributed by atoms with Crippen LogP contribution in [0.1, 0.15) is 28.8 Å². The monoisotopic (exact) mass is 406 g/mol. The number of urea groups is 1. The molecule has 0 aliphatic carbocycles. The lowest BCUT2D eigenvalue weighted by Crippen LogP contribution is -2.42. The zero-order valence-electron chi connectivity index (χ0n) is 16.7. The van der Waals surface area contributed by atoms with Gasteiger partial charge in [-0.25, -0.2) is 13.9 Å². The normalized spacial score (nSPS) is 14.5. The molecule has 0 unspecified atom stereocenters. The van der Waals surface area contributed by atoms with Gasteiger partial charge in [0.15, 0.2) is 5.78 Å². The smallest absolute Gasteiger partial charge is 0.321 e. The van der Waals surface area contributed by atoms with Crippen molar-refractivity contribution in [1.82, 2.24) is 14.7 Å². The number of likely N-dealkylation sites (tertiary alicyclic amines) is 1. The van der Waals surface area contributed by atoms with E-state index in [0.29, 0.717) is 42.9 Å². The highest BCUT2D eigenvalue weighted by Crippen LogP contribution is 2.25. The van der Waals surface area contributed by atoms with E-state index in [2.05, 4.69) is 10.4 Å². The quantitative estimate of drug-likeness (QED) is 0.651. The summed E-state index contributed by atoms with van der Waals surface area (Å²) in [6.45, 7) is 2.93. The van der Waals surface area contributed by atoms with Crippen molar-refractivity contribution in [1.29, 1.82) is 0 Å². The number of aryl methyl sites for hydroxylation is 1. The first kappa shape index (κ1) is 19.8. The third-order valence-electron chi connectivity index (χ3n) is 5.44. The summed E-state index contributed by atoms with van der Waals surface area (Å²) in [5.41, 5.74) is 2.76. The van der Waals surface area contributed by atoms with E-state index in [0.717, 1.165) is 5.56 Å². The van der Waals surface area contributed by atoms with Gasteiger partial charge in [-0.2, -0.15) is 5.10 Å². The first-order chi connectivity index (χ1) is 14.5. The summed E-state index contributed by atoms with van der Waals surface area (Å²) in [5.74, 6) is -0.407. The minimum atomic E-state index is -0.441. The van der Waals surface area contributed by atoms with E-state index in [-0.39, 0.29) is 17.7 Å². The maximum Gasteiger partial charge on any atom is 0.321 e. The van der Waals surface area contributed by atoms with Gasteiger partial charge in [0.25, 0.3) is 0 Å². The molecule has 154 valence electrons. The number of nitrogens with one attached hydrogen (secondary N) is 1. The Morgan fingerprint density at radius 1 is 1.10 bits per heavy atom. The average Bonchev–Trinajstić information content (AvgIpc) is 3.28. The van der Waals surface area contributed by atoms with Crippen molar-refractivity contribution in [2.45, 2.75) is 19.8 Å². The standard InChI is InChI=1S/C23H23FN4O2/c1-16-3-5-17(6-4-16)22(29)18-9-13-27(14-10-18)23(30)26-20-15-19(24)7-8-21(20)28-12-2-11-25-28/h2-8,11-12,15,18H,9-10,13-14H2,1H3,(H,26,30). The summed E-state index contributed by atoms with van der Waals surface area (Å²) in [7, 11) is 0. The summed E-state index contributed by atoms with van der Waals surface area (Å²) >= 11 is 0. The molecule has 0 saturated carbocycles. The van der Waals surface area contributed by atoms with Crippen molar-refractivity contribution in [3.63, 3.8) is 0 Å². The number of ketones is 1. The van der Waals surface area contributed by atoms with Crippen LogP contribution in [0.25, 0.3) is 5.69 Å². The van der Waals surface area contributed by atoms with E-state index in [1.54, 1.807) is 34.1 Å². The third-order valence-corrected chi connectivity index (χ3v) is 5.44. The predicted octanol–water partition coefficient (Wildman–Crippen LogP) is 4.45. The molecule has 2 heterocycles. The number of amides is 2. The number of carbonyl (C=O) groups excluding carboxylic acids is 2. The van der Waals surface area contributed by atoms with Crippen LogP contribution in [0.4, 0.5) is 14.9 Å². The van der Waals surface area contributed by atoms with E-state index < -0.39 is 5.82 Å². The highest BCUT2D eigenvalue weighted by atomic mass is 19.1. The first-order valence-corrected chi connectivity index (χ1v) is 9.97. The number of benzene rings is 2. The number of hydrogen-bond acceptors (Lipinski definition) is 3. The van der Waals surface area contributed by atoms with Crippen molar-refractivity contribution < 1.29 is 14.0 Å². The molecule has 30 heavy (non-hydrogen) atoms. The molecule has 1 aromatic heterocycles. The van der Waals surface area contributed by atoms with Crippen molar-refractivity contribution in [2.75, 3.05) is 18.4 Å². The Morgan fingerprint density at radius 3 is 2.50 bits per heavy atom. The zero-order chi connectivity index (χ0) is 21.1. The minimum absolute atomic E-state index is 0.0921. The SMILES string of the molecule is Cc1ccc(C(=O)C2CCN(C(=O)Nc3cc(F)ccc3-n3cccn3)CC2)cc1. The Kier molecular flexibility index (Phi) is 5.61. The molecule has 2 amide bonds. The van der Waals surface area contributed by atoms with Gasteiger partial charge in [0.2, 0.25) is 0 Å². The average molecular weight is 406 g/mol. The van der Waals surface area contributed by atoms with Crippen LogP contribution in [-0.4, -0.2) is 39.6 Å². The fourth-order valence-corrected chi connectivity index (χ4v) is 3.71. The predicted molar refractivity (Wildman–Crippen MR) is 112 cm³/mol. The van der Waals surface area contributed by atoms with E-state index in [1.165, 1.54) is 12.1 Å². The molecule has 2 aromatic carbocycles. The summed E-state index contributed by atoms with van der Waals surface area (Å²) in [6.07, 6.45) is 4.56. The van der Waals surface area contributed by atoms with Crippen LogP contribution < -0.4 is 5.32 Å². The molecule has 1 fully saturated rings. The van der Waals surface area contributed by atoms with Gasteiger partial charge in [-0.1, -0.05) is 29.8 Å². The molecule has 1 saturated heterocycles. The number of piperidine rings is 1. The van der Waals surface area contributed by atoms with Crippen molar-refractivity contribution in [2.24, 2.45) is 5.92 Å². The van der Waals surface area contributed by atoms with Crippen molar-refractivity contribution in [3.05, 3.63) is 77.9 Å². The van der Waals surface area contributed by atoms with Gasteiger partial charge in [0, 0.05) is 37.0 Å². The largest absolute Gasteiger partial charge is 0.324 e. The zero-order valence-corrected chi connectivity index (χ0v) is 16.7. The molecular formula is C23H23FN4O2. The second kappa shape index (κ2) is 8.49. The van der Waals surface area contributed by atoms with Gasteiger partial charge in [0.1, 0.15) is 5.82 Å². The molecule has 1 N–H and O–H groups in total. The van der Waals surface area contributed by atoms with Crippen LogP contribution in [0.5, 0.6) is 0 Å². The van der Waals surface area contributed by atoms with Crippen molar-refractivity contribution in [3.8, 4) is 5.69 Å². The number of Topliss-reactive ketones (excluding diaryl/α,β-unsaturated/α-hetero) is 1. The summed E-state index contributed by atoms with van der Waals surface area (Å²) in [4.78, 5) is 27.1. The highest BCUT2D eigenvalue weighted by molar-refractivity contribution is 5.98. The number of aromatic nitrogens is 2. The van der Waals surface area contributed by atoms with Crippen LogP contribution in [0.15, 0.2) is 60.9 Å². The van der Waals surface area contributed by atoms with E-state index in [9.17, 15) is 14.0 Å². The topological polar surface area (TPSA) is 67.2 Å². The highest BCUT2D eigenvalue weighted by Gasteiger charge is 2.28. The molecule has 1 aliphatic heterocycles. The van der Waals surface area contributed by atoms with Gasteiger partial charge in [0.05, 0.1) is 11.4 Å².